The number of nitrogens with zero attached hydrogens (tertiary/aromatic N) is 1. The number of aromatic nitrogens is 1. The third kappa shape index (κ3) is 4.81. The molecule has 0 fully saturated rings. The molecule has 0 spiro atoms. The second-order valence-corrected chi connectivity index (χ2v) is 8.21. The Balaban J connectivity index is 1.79. The lowest BCUT2D eigenvalue weighted by Gasteiger charge is -2.14. The molecular weight excluding hydrogens is 430 g/mol. The van der Waals surface area contributed by atoms with Crippen molar-refractivity contribution in [2.24, 2.45) is 0 Å². The number of aromatic hydroxyl groups is 1. The van der Waals surface area contributed by atoms with Gasteiger partial charge in [0.1, 0.15) is 17.2 Å². The molecule has 3 aromatic carbocycles. The van der Waals surface area contributed by atoms with Crippen LogP contribution < -0.4 is 4.74 Å². The molecule has 4 rings (SSSR count). The molecule has 4 aromatic rings. The molecule has 0 radical (unpaired) electrons. The van der Waals surface area contributed by atoms with Crippen molar-refractivity contribution in [2.45, 2.75) is 20.8 Å². The van der Waals surface area contributed by atoms with Crippen LogP contribution >= 0.6 is 0 Å². The fraction of sp³-hybridized carbons (Fsp3) is 0.107. The van der Waals surface area contributed by atoms with E-state index in [1.54, 1.807) is 36.4 Å². The SMILES string of the molecule is C/C(=C\c1ccc(Oc2c(C(=O)c3cc(C)cc(C)c3)cnc3cc(O)ccc23)cc1)C(=O)O. The third-order valence-corrected chi connectivity index (χ3v) is 5.35. The zero-order valence-corrected chi connectivity index (χ0v) is 19.0. The molecule has 0 atom stereocenters. The number of benzene rings is 3. The molecule has 0 aliphatic heterocycles. The smallest absolute Gasteiger partial charge is 0.331 e. The number of carbonyl (C=O) groups excluding carboxylic acids is 1. The summed E-state index contributed by atoms with van der Waals surface area (Å²) in [5, 5.41) is 19.5. The maximum absolute atomic E-state index is 13.5. The van der Waals surface area contributed by atoms with Crippen molar-refractivity contribution in [1.29, 1.82) is 0 Å². The highest BCUT2D eigenvalue weighted by molar-refractivity contribution is 6.13. The number of carboxylic acids is 1. The average molecular weight is 453 g/mol. The van der Waals surface area contributed by atoms with E-state index in [9.17, 15) is 14.7 Å². The zero-order valence-electron chi connectivity index (χ0n) is 19.0. The first-order valence-corrected chi connectivity index (χ1v) is 10.7. The van der Waals surface area contributed by atoms with Crippen molar-refractivity contribution in [2.75, 3.05) is 0 Å². The van der Waals surface area contributed by atoms with Gasteiger partial charge in [-0.15, -0.1) is 0 Å². The molecule has 1 aromatic heterocycles. The van der Waals surface area contributed by atoms with Crippen LogP contribution in [-0.4, -0.2) is 26.9 Å². The summed E-state index contributed by atoms with van der Waals surface area (Å²) in [4.78, 5) is 28.9. The number of aryl methyl sites for hydroxylation is 2. The van der Waals surface area contributed by atoms with Crippen molar-refractivity contribution in [1.82, 2.24) is 4.98 Å². The van der Waals surface area contributed by atoms with Crippen molar-refractivity contribution < 1.29 is 24.5 Å². The standard InChI is InChI=1S/C28H23NO5/c1-16-10-17(2)12-20(11-16)26(31)24-15-29-25-14-21(30)6-9-23(25)27(24)34-22-7-4-19(5-8-22)13-18(3)28(32)33/h4-15,30H,1-3H3,(H,32,33)/b18-13+. The minimum absolute atomic E-state index is 0.0595. The molecule has 170 valence electrons. The number of phenols is 1. The maximum atomic E-state index is 13.5. The fourth-order valence-corrected chi connectivity index (χ4v) is 3.75. The summed E-state index contributed by atoms with van der Waals surface area (Å²) < 4.78 is 6.19. The number of hydrogen-bond donors (Lipinski definition) is 2. The minimum Gasteiger partial charge on any atom is -0.508 e. The number of hydrogen-bond acceptors (Lipinski definition) is 5. The van der Waals surface area contributed by atoms with E-state index in [-0.39, 0.29) is 17.1 Å². The van der Waals surface area contributed by atoms with Gasteiger partial charge in [-0.1, -0.05) is 29.3 Å². The lowest BCUT2D eigenvalue weighted by molar-refractivity contribution is -0.132. The summed E-state index contributed by atoms with van der Waals surface area (Å²) in [6.07, 6.45) is 3.02. The van der Waals surface area contributed by atoms with Gasteiger partial charge in [0.15, 0.2) is 5.78 Å². The molecule has 0 unspecified atom stereocenters. The van der Waals surface area contributed by atoms with Crippen molar-refractivity contribution in [3.8, 4) is 17.2 Å². The molecule has 6 nitrogen and oxygen atoms in total. The van der Waals surface area contributed by atoms with E-state index in [1.165, 1.54) is 25.3 Å². The first kappa shape index (κ1) is 22.7. The van der Waals surface area contributed by atoms with Gasteiger partial charge in [0.05, 0.1) is 11.1 Å². The van der Waals surface area contributed by atoms with E-state index < -0.39 is 5.97 Å². The van der Waals surface area contributed by atoms with Crippen molar-refractivity contribution >= 4 is 28.7 Å². The number of carboxylic acid groups (broad SMARTS) is 1. The Bertz CT molecular complexity index is 1430. The highest BCUT2D eigenvalue weighted by Crippen LogP contribution is 2.35. The van der Waals surface area contributed by atoms with Gasteiger partial charge in [0, 0.05) is 28.8 Å². The van der Waals surface area contributed by atoms with Crippen LogP contribution in [-0.2, 0) is 4.79 Å². The molecule has 1 heterocycles. The Kier molecular flexibility index (Phi) is 6.15. The first-order chi connectivity index (χ1) is 16.2. The van der Waals surface area contributed by atoms with Gasteiger partial charge in [0.25, 0.3) is 0 Å². The van der Waals surface area contributed by atoms with Gasteiger partial charge >= 0.3 is 5.97 Å². The first-order valence-electron chi connectivity index (χ1n) is 10.7. The highest BCUT2D eigenvalue weighted by Gasteiger charge is 2.20. The zero-order chi connectivity index (χ0) is 24.4. The van der Waals surface area contributed by atoms with E-state index in [2.05, 4.69) is 4.98 Å². The van der Waals surface area contributed by atoms with E-state index in [0.29, 0.717) is 39.1 Å². The number of phenolic OH excluding ortho intramolecular Hbond substituents is 1. The second-order valence-electron chi connectivity index (χ2n) is 8.21. The van der Waals surface area contributed by atoms with Crippen LogP contribution in [0.25, 0.3) is 17.0 Å². The van der Waals surface area contributed by atoms with Crippen LogP contribution in [0.3, 0.4) is 0 Å². The molecule has 0 saturated heterocycles. The molecule has 0 saturated carbocycles. The summed E-state index contributed by atoms with van der Waals surface area (Å²) in [6.45, 7) is 5.39. The molecular formula is C28H23NO5. The van der Waals surface area contributed by atoms with E-state index in [1.807, 2.05) is 32.0 Å². The second kappa shape index (κ2) is 9.19. The molecule has 0 aliphatic rings. The number of carbonyl (C=O) groups is 2. The van der Waals surface area contributed by atoms with Gasteiger partial charge in [-0.3, -0.25) is 9.78 Å². The van der Waals surface area contributed by atoms with E-state index >= 15 is 0 Å². The summed E-state index contributed by atoms with van der Waals surface area (Å²) in [5.41, 5.74) is 4.21. The predicted molar refractivity (Wildman–Crippen MR) is 131 cm³/mol. The summed E-state index contributed by atoms with van der Waals surface area (Å²) in [7, 11) is 0. The summed E-state index contributed by atoms with van der Waals surface area (Å²) in [5.74, 6) is -0.342. The minimum atomic E-state index is -0.985. The summed E-state index contributed by atoms with van der Waals surface area (Å²) in [6, 6.07) is 17.2. The maximum Gasteiger partial charge on any atom is 0.331 e. The van der Waals surface area contributed by atoms with E-state index in [0.717, 1.165) is 11.1 Å². The van der Waals surface area contributed by atoms with Gasteiger partial charge in [0.2, 0.25) is 0 Å². The molecule has 2 N–H and O–H groups in total. The quantitative estimate of drug-likeness (QED) is 0.272. The Morgan fingerprint density at radius 3 is 2.26 bits per heavy atom. The van der Waals surface area contributed by atoms with Gasteiger partial charge in [-0.05, 0) is 68.8 Å². The normalized spacial score (nSPS) is 11.4. The molecule has 0 bridgehead atoms. The van der Waals surface area contributed by atoms with Crippen molar-refractivity contribution in [3.05, 3.63) is 100 Å². The lowest BCUT2D eigenvalue weighted by Crippen LogP contribution is -2.06. The molecule has 6 heteroatoms. The number of aliphatic carboxylic acids is 1. The van der Waals surface area contributed by atoms with Gasteiger partial charge < -0.3 is 14.9 Å². The molecule has 34 heavy (non-hydrogen) atoms. The summed E-state index contributed by atoms with van der Waals surface area (Å²) >= 11 is 0. The predicted octanol–water partition coefficient (Wildman–Crippen LogP) is 6.07. The Labute approximate surface area is 196 Å². The van der Waals surface area contributed by atoms with Crippen LogP contribution in [0.5, 0.6) is 17.2 Å². The number of fused-ring (bicyclic) bond motifs is 1. The third-order valence-electron chi connectivity index (χ3n) is 5.35. The molecule has 0 amide bonds. The van der Waals surface area contributed by atoms with E-state index in [4.69, 9.17) is 9.84 Å². The Hall–Kier alpha value is -4.45. The number of rotatable bonds is 6. The van der Waals surface area contributed by atoms with Crippen LogP contribution in [0.15, 0.2) is 72.4 Å². The van der Waals surface area contributed by atoms with Crippen molar-refractivity contribution in [3.63, 3.8) is 0 Å². The van der Waals surface area contributed by atoms with Crippen LogP contribution in [0.2, 0.25) is 0 Å². The number of ketones is 1. The topological polar surface area (TPSA) is 96.7 Å². The number of pyridine rings is 1. The van der Waals surface area contributed by atoms with Crippen LogP contribution in [0.4, 0.5) is 0 Å². The van der Waals surface area contributed by atoms with Gasteiger partial charge in [-0.25, -0.2) is 4.79 Å². The van der Waals surface area contributed by atoms with Gasteiger partial charge in [-0.2, -0.15) is 0 Å². The average Bonchev–Trinajstić information content (AvgIpc) is 2.79. The Morgan fingerprint density at radius 2 is 1.62 bits per heavy atom. The van der Waals surface area contributed by atoms with Crippen LogP contribution in [0, 0.1) is 13.8 Å². The molecule has 0 aliphatic carbocycles. The monoisotopic (exact) mass is 453 g/mol. The number of ether oxygens (including phenoxy) is 1. The Morgan fingerprint density at radius 1 is 0.941 bits per heavy atom. The highest BCUT2D eigenvalue weighted by atomic mass is 16.5. The largest absolute Gasteiger partial charge is 0.508 e. The lowest BCUT2D eigenvalue weighted by atomic mass is 9.98. The van der Waals surface area contributed by atoms with Crippen LogP contribution in [0.1, 0.15) is 39.5 Å². The fourth-order valence-electron chi connectivity index (χ4n) is 3.75.